The molecule has 2 aliphatic heterocycles. The summed E-state index contributed by atoms with van der Waals surface area (Å²) in [7, 11) is 0. The highest BCUT2D eigenvalue weighted by Gasteiger charge is 2.24. The molecule has 0 bridgehead atoms. The SMILES string of the molecule is O=C1CN(c2ccc(-n3cc4c(n3)-c3cccnc3OC4)cc2)C1. The Morgan fingerprint density at radius 3 is 2.62 bits per heavy atom. The summed E-state index contributed by atoms with van der Waals surface area (Å²) in [4.78, 5) is 17.4. The molecular weight excluding hydrogens is 304 g/mol. The number of Topliss-reactive ketones (excluding diaryl/α,β-unsaturated/α-hetero) is 1. The van der Waals surface area contributed by atoms with Crippen LogP contribution in [0, 0.1) is 0 Å². The zero-order valence-corrected chi connectivity index (χ0v) is 12.8. The molecule has 1 fully saturated rings. The maximum absolute atomic E-state index is 11.1. The van der Waals surface area contributed by atoms with Crippen LogP contribution in [0.3, 0.4) is 0 Å². The Balaban J connectivity index is 1.48. The van der Waals surface area contributed by atoms with Gasteiger partial charge in [-0.2, -0.15) is 5.10 Å². The molecule has 2 aliphatic rings. The minimum atomic E-state index is 0.283. The zero-order valence-electron chi connectivity index (χ0n) is 12.8. The van der Waals surface area contributed by atoms with E-state index in [1.54, 1.807) is 6.20 Å². The number of carbonyl (C=O) groups excluding carboxylic acids is 1. The fourth-order valence-electron chi connectivity index (χ4n) is 3.08. The predicted octanol–water partition coefficient (Wildman–Crippen LogP) is 2.22. The van der Waals surface area contributed by atoms with E-state index in [1.165, 1.54) is 0 Å². The van der Waals surface area contributed by atoms with Crippen LogP contribution >= 0.6 is 0 Å². The lowest BCUT2D eigenvalue weighted by Gasteiger charge is -2.31. The van der Waals surface area contributed by atoms with Crippen LogP contribution in [0.2, 0.25) is 0 Å². The molecule has 1 aromatic carbocycles. The minimum absolute atomic E-state index is 0.283. The Morgan fingerprint density at radius 1 is 1.04 bits per heavy atom. The fraction of sp³-hybridized carbons (Fsp3) is 0.167. The molecule has 2 aromatic heterocycles. The molecule has 4 heterocycles. The third-order valence-electron chi connectivity index (χ3n) is 4.39. The molecule has 118 valence electrons. The van der Waals surface area contributed by atoms with Gasteiger partial charge >= 0.3 is 0 Å². The average Bonchev–Trinajstić information content (AvgIpc) is 3.04. The van der Waals surface area contributed by atoms with Crippen molar-refractivity contribution in [2.24, 2.45) is 0 Å². The summed E-state index contributed by atoms with van der Waals surface area (Å²) in [6, 6.07) is 11.9. The first-order chi connectivity index (χ1) is 11.8. The molecule has 0 radical (unpaired) electrons. The van der Waals surface area contributed by atoms with Crippen molar-refractivity contribution >= 4 is 11.5 Å². The standard InChI is InChI=1S/C18H14N4O2/c23-15-9-21(10-15)13-3-5-14(6-4-13)22-8-12-11-24-18-16(17(12)20-22)2-1-7-19-18/h1-8H,9-11H2. The second-order valence-corrected chi connectivity index (χ2v) is 6.00. The summed E-state index contributed by atoms with van der Waals surface area (Å²) in [6.45, 7) is 1.50. The number of hydrogen-bond acceptors (Lipinski definition) is 5. The first kappa shape index (κ1) is 13.3. The Bertz CT molecular complexity index is 938. The van der Waals surface area contributed by atoms with Crippen molar-refractivity contribution in [3.63, 3.8) is 0 Å². The summed E-state index contributed by atoms with van der Waals surface area (Å²) < 4.78 is 7.54. The number of ether oxygens (including phenoxy) is 1. The van der Waals surface area contributed by atoms with Crippen LogP contribution in [-0.2, 0) is 11.4 Å². The van der Waals surface area contributed by atoms with Crippen molar-refractivity contribution in [2.75, 3.05) is 18.0 Å². The van der Waals surface area contributed by atoms with Crippen LogP contribution < -0.4 is 9.64 Å². The van der Waals surface area contributed by atoms with Gasteiger partial charge in [-0.05, 0) is 36.4 Å². The topological polar surface area (TPSA) is 60.2 Å². The second-order valence-electron chi connectivity index (χ2n) is 6.00. The van der Waals surface area contributed by atoms with Gasteiger partial charge in [0, 0.05) is 23.6 Å². The quantitative estimate of drug-likeness (QED) is 0.725. The fourth-order valence-corrected chi connectivity index (χ4v) is 3.08. The van der Waals surface area contributed by atoms with Crippen LogP contribution in [-0.4, -0.2) is 33.6 Å². The van der Waals surface area contributed by atoms with Crippen LogP contribution in [0.1, 0.15) is 5.56 Å². The summed E-state index contributed by atoms with van der Waals surface area (Å²) in [5.74, 6) is 0.916. The summed E-state index contributed by atoms with van der Waals surface area (Å²) >= 11 is 0. The molecule has 0 unspecified atom stereocenters. The molecule has 0 N–H and O–H groups in total. The smallest absolute Gasteiger partial charge is 0.223 e. The van der Waals surface area contributed by atoms with Gasteiger partial charge in [0.2, 0.25) is 5.88 Å². The molecule has 5 rings (SSSR count). The average molecular weight is 318 g/mol. The minimum Gasteiger partial charge on any atom is -0.472 e. The number of anilines is 1. The molecule has 24 heavy (non-hydrogen) atoms. The second kappa shape index (κ2) is 4.92. The highest BCUT2D eigenvalue weighted by atomic mass is 16.5. The van der Waals surface area contributed by atoms with Gasteiger partial charge in [0.05, 0.1) is 24.3 Å². The number of hydrogen-bond donors (Lipinski definition) is 0. The lowest BCUT2D eigenvalue weighted by atomic mass is 10.1. The van der Waals surface area contributed by atoms with E-state index < -0.39 is 0 Å². The number of benzene rings is 1. The number of fused-ring (bicyclic) bond motifs is 3. The number of rotatable bonds is 2. The molecular formula is C18H14N4O2. The van der Waals surface area contributed by atoms with Gasteiger partial charge in [0.15, 0.2) is 5.78 Å². The number of nitrogens with zero attached hydrogens (tertiary/aromatic N) is 4. The van der Waals surface area contributed by atoms with E-state index >= 15 is 0 Å². The van der Waals surface area contributed by atoms with Gasteiger partial charge in [0.25, 0.3) is 0 Å². The van der Waals surface area contributed by atoms with Crippen LogP contribution in [0.25, 0.3) is 16.9 Å². The third kappa shape index (κ3) is 2.00. The molecule has 0 spiro atoms. The van der Waals surface area contributed by atoms with E-state index in [4.69, 9.17) is 9.84 Å². The van der Waals surface area contributed by atoms with Gasteiger partial charge < -0.3 is 9.64 Å². The van der Waals surface area contributed by atoms with E-state index in [0.29, 0.717) is 25.6 Å². The monoisotopic (exact) mass is 318 g/mol. The third-order valence-corrected chi connectivity index (χ3v) is 4.39. The first-order valence-corrected chi connectivity index (χ1v) is 7.82. The van der Waals surface area contributed by atoms with Crippen molar-refractivity contribution in [1.29, 1.82) is 0 Å². The number of carbonyl (C=O) groups is 1. The summed E-state index contributed by atoms with van der Waals surface area (Å²) in [6.07, 6.45) is 3.72. The van der Waals surface area contributed by atoms with Crippen LogP contribution in [0.15, 0.2) is 48.8 Å². The summed E-state index contributed by atoms with van der Waals surface area (Å²) in [5, 5.41) is 4.71. The Kier molecular flexibility index (Phi) is 2.73. The van der Waals surface area contributed by atoms with Gasteiger partial charge in [-0.1, -0.05) is 0 Å². The zero-order chi connectivity index (χ0) is 16.1. The molecule has 0 amide bonds. The molecule has 0 atom stereocenters. The molecule has 0 saturated carbocycles. The number of ketones is 1. The van der Waals surface area contributed by atoms with E-state index in [-0.39, 0.29) is 5.78 Å². The molecule has 1 saturated heterocycles. The number of pyridine rings is 1. The van der Waals surface area contributed by atoms with Gasteiger partial charge in [0.1, 0.15) is 12.3 Å². The van der Waals surface area contributed by atoms with Gasteiger partial charge in [-0.25, -0.2) is 9.67 Å². The van der Waals surface area contributed by atoms with E-state index in [0.717, 1.165) is 28.2 Å². The highest BCUT2D eigenvalue weighted by Crippen LogP contribution is 2.35. The van der Waals surface area contributed by atoms with Crippen LogP contribution in [0.4, 0.5) is 5.69 Å². The van der Waals surface area contributed by atoms with Gasteiger partial charge in [-0.15, -0.1) is 0 Å². The molecule has 0 aliphatic carbocycles. The Hall–Kier alpha value is -3.15. The maximum atomic E-state index is 11.1. The summed E-state index contributed by atoms with van der Waals surface area (Å²) in [5.41, 5.74) is 4.93. The lowest BCUT2D eigenvalue weighted by molar-refractivity contribution is -0.119. The highest BCUT2D eigenvalue weighted by molar-refractivity contribution is 5.95. The molecule has 3 aromatic rings. The maximum Gasteiger partial charge on any atom is 0.223 e. The Morgan fingerprint density at radius 2 is 1.83 bits per heavy atom. The van der Waals surface area contributed by atoms with Crippen molar-refractivity contribution in [3.05, 3.63) is 54.4 Å². The van der Waals surface area contributed by atoms with E-state index in [2.05, 4.69) is 9.88 Å². The normalized spacial score (nSPS) is 15.3. The van der Waals surface area contributed by atoms with Crippen LogP contribution in [0.5, 0.6) is 5.88 Å². The van der Waals surface area contributed by atoms with Crippen molar-refractivity contribution in [2.45, 2.75) is 6.61 Å². The van der Waals surface area contributed by atoms with E-state index in [1.807, 2.05) is 47.3 Å². The van der Waals surface area contributed by atoms with Crippen molar-refractivity contribution in [1.82, 2.24) is 14.8 Å². The van der Waals surface area contributed by atoms with Gasteiger partial charge in [-0.3, -0.25) is 4.79 Å². The molecule has 6 heteroatoms. The number of aromatic nitrogens is 3. The van der Waals surface area contributed by atoms with E-state index in [9.17, 15) is 4.79 Å². The predicted molar refractivity (Wildman–Crippen MR) is 88.3 cm³/mol. The van der Waals surface area contributed by atoms with Crippen molar-refractivity contribution < 1.29 is 9.53 Å². The first-order valence-electron chi connectivity index (χ1n) is 7.82. The Labute approximate surface area is 138 Å². The largest absolute Gasteiger partial charge is 0.472 e. The lowest BCUT2D eigenvalue weighted by Crippen LogP contribution is -2.47. The van der Waals surface area contributed by atoms with Crippen molar-refractivity contribution in [3.8, 4) is 22.8 Å². The molecule has 6 nitrogen and oxygen atoms in total.